The fraction of sp³-hybridized carbons (Fsp3) is 0.500. The third-order valence-corrected chi connectivity index (χ3v) is 10.6. The number of carbonyl (C=O) groups is 3. The van der Waals surface area contributed by atoms with Crippen molar-refractivity contribution < 1.29 is 24.2 Å². The van der Waals surface area contributed by atoms with Crippen LogP contribution in [0.25, 0.3) is 0 Å². The predicted molar refractivity (Wildman–Crippen MR) is 153 cm³/mol. The first-order valence-electron chi connectivity index (χ1n) is 13.6. The van der Waals surface area contributed by atoms with Gasteiger partial charge in [-0.25, -0.2) is 0 Å². The van der Waals surface area contributed by atoms with Gasteiger partial charge in [-0.2, -0.15) is 0 Å². The molecule has 0 aromatic heterocycles. The van der Waals surface area contributed by atoms with Crippen molar-refractivity contribution in [3.8, 4) is 5.75 Å². The number of ether oxygens (including phenoxy) is 1. The summed E-state index contributed by atoms with van der Waals surface area (Å²) in [5.74, 6) is -1.17. The lowest BCUT2D eigenvalue weighted by Gasteiger charge is -2.39. The van der Waals surface area contributed by atoms with Gasteiger partial charge in [-0.3, -0.25) is 14.4 Å². The normalized spacial score (nSPS) is 29.7. The molecular weight excluding hydrogens is 514 g/mol. The van der Waals surface area contributed by atoms with Crippen LogP contribution < -0.4 is 15.4 Å². The Morgan fingerprint density at radius 2 is 1.87 bits per heavy atom. The number of aryl methyl sites for hydroxylation is 2. The van der Waals surface area contributed by atoms with Crippen LogP contribution >= 0.6 is 11.8 Å². The van der Waals surface area contributed by atoms with Gasteiger partial charge in [-0.15, -0.1) is 11.8 Å². The minimum atomic E-state index is -0.801. The van der Waals surface area contributed by atoms with Crippen molar-refractivity contribution in [2.24, 2.45) is 17.8 Å². The van der Waals surface area contributed by atoms with E-state index in [1.165, 1.54) is 0 Å². The van der Waals surface area contributed by atoms with Gasteiger partial charge in [0.15, 0.2) is 0 Å². The molecule has 39 heavy (non-hydrogen) atoms. The monoisotopic (exact) mass is 551 g/mol. The van der Waals surface area contributed by atoms with E-state index in [0.29, 0.717) is 18.0 Å². The molecule has 3 N–H and O–H groups in total. The van der Waals surface area contributed by atoms with E-state index in [1.807, 2.05) is 39.0 Å². The van der Waals surface area contributed by atoms with Crippen molar-refractivity contribution in [3.05, 3.63) is 53.6 Å². The van der Waals surface area contributed by atoms with Gasteiger partial charge in [0.05, 0.1) is 35.8 Å². The number of hydrogen-bond acceptors (Lipinski definition) is 6. The van der Waals surface area contributed by atoms with E-state index in [-0.39, 0.29) is 35.5 Å². The number of likely N-dealkylation sites (tertiary alicyclic amines) is 1. The highest BCUT2D eigenvalue weighted by Gasteiger charge is 2.76. The molecule has 8 nitrogen and oxygen atoms in total. The number of amides is 3. The number of nitrogens with one attached hydrogen (secondary N) is 2. The van der Waals surface area contributed by atoms with Gasteiger partial charge < -0.3 is 25.4 Å². The number of aliphatic hydroxyl groups is 1. The summed E-state index contributed by atoms with van der Waals surface area (Å²) >= 11 is 1.62. The number of rotatable bonds is 8. The molecule has 1 spiro atoms. The number of aliphatic hydroxyl groups excluding tert-OH is 1. The van der Waals surface area contributed by atoms with E-state index in [0.717, 1.165) is 23.3 Å². The number of fused-ring (bicyclic) bond motifs is 1. The highest BCUT2D eigenvalue weighted by atomic mass is 32.2. The molecule has 0 aliphatic carbocycles. The molecule has 9 heteroatoms. The zero-order valence-electron chi connectivity index (χ0n) is 23.1. The fourth-order valence-electron chi connectivity index (χ4n) is 6.72. The molecular formula is C30H37N3O5S. The van der Waals surface area contributed by atoms with Gasteiger partial charge in [-0.1, -0.05) is 19.1 Å². The molecule has 3 aliphatic rings. The van der Waals surface area contributed by atoms with Crippen molar-refractivity contribution in [2.45, 2.75) is 63.1 Å². The first-order chi connectivity index (χ1) is 18.6. The lowest BCUT2D eigenvalue weighted by Crippen LogP contribution is -2.56. The van der Waals surface area contributed by atoms with Crippen molar-refractivity contribution in [1.29, 1.82) is 0 Å². The first-order valence-corrected chi connectivity index (χ1v) is 14.5. The molecule has 7 atom stereocenters. The molecule has 3 fully saturated rings. The Hall–Kier alpha value is -3.04. The Balaban J connectivity index is 1.48. The highest BCUT2D eigenvalue weighted by molar-refractivity contribution is 8.02. The summed E-state index contributed by atoms with van der Waals surface area (Å²) in [5.41, 5.74) is 3.29. The fourth-order valence-corrected chi connectivity index (χ4v) is 9.13. The third kappa shape index (κ3) is 4.49. The minimum absolute atomic E-state index is 0.0428. The number of benzene rings is 2. The van der Waals surface area contributed by atoms with Gasteiger partial charge in [0, 0.05) is 16.6 Å². The molecule has 208 valence electrons. The van der Waals surface area contributed by atoms with Crippen molar-refractivity contribution in [2.75, 3.05) is 23.8 Å². The average Bonchev–Trinajstić information content (AvgIpc) is 3.50. The lowest BCUT2D eigenvalue weighted by molar-refractivity contribution is -0.140. The van der Waals surface area contributed by atoms with Crippen molar-refractivity contribution >= 4 is 40.9 Å². The number of anilines is 2. The van der Waals surface area contributed by atoms with Gasteiger partial charge in [0.25, 0.3) is 0 Å². The zero-order chi connectivity index (χ0) is 28.1. The van der Waals surface area contributed by atoms with Crippen LogP contribution in [0.2, 0.25) is 0 Å². The van der Waals surface area contributed by atoms with Crippen LogP contribution in [-0.2, 0) is 14.4 Å². The molecule has 2 aromatic rings. The number of nitrogens with zero attached hydrogens (tertiary/aromatic N) is 1. The number of hydrogen-bond donors (Lipinski definition) is 3. The Morgan fingerprint density at radius 3 is 2.54 bits per heavy atom. The summed E-state index contributed by atoms with van der Waals surface area (Å²) in [6, 6.07) is 11.7. The lowest BCUT2D eigenvalue weighted by atomic mass is 9.66. The van der Waals surface area contributed by atoms with E-state index in [9.17, 15) is 19.5 Å². The molecule has 3 unspecified atom stereocenters. The summed E-state index contributed by atoms with van der Waals surface area (Å²) in [6.45, 7) is 9.93. The maximum atomic E-state index is 14.1. The Kier molecular flexibility index (Phi) is 7.41. The van der Waals surface area contributed by atoms with Crippen LogP contribution in [0.15, 0.2) is 42.5 Å². The molecule has 3 saturated heterocycles. The summed E-state index contributed by atoms with van der Waals surface area (Å²) < 4.78 is 4.74. The maximum absolute atomic E-state index is 14.1. The smallest absolute Gasteiger partial charge is 0.248 e. The van der Waals surface area contributed by atoms with Gasteiger partial charge in [0.2, 0.25) is 17.7 Å². The second-order valence-electron chi connectivity index (χ2n) is 11.1. The molecule has 0 saturated carbocycles. The highest BCUT2D eigenvalue weighted by Crippen LogP contribution is 2.68. The second-order valence-corrected chi connectivity index (χ2v) is 12.6. The van der Waals surface area contributed by atoms with E-state index in [2.05, 4.69) is 17.6 Å². The van der Waals surface area contributed by atoms with Crippen LogP contribution in [0, 0.1) is 31.6 Å². The topological polar surface area (TPSA) is 108 Å². The quantitative estimate of drug-likeness (QED) is 0.458. The second kappa shape index (κ2) is 10.5. The van der Waals surface area contributed by atoms with Crippen LogP contribution in [0.1, 0.15) is 38.3 Å². The molecule has 0 radical (unpaired) electrons. The predicted octanol–water partition coefficient (Wildman–Crippen LogP) is 4.00. The van der Waals surface area contributed by atoms with Crippen LogP contribution in [-0.4, -0.2) is 63.0 Å². The van der Waals surface area contributed by atoms with E-state index >= 15 is 0 Å². The largest absolute Gasteiger partial charge is 0.494 e. The maximum Gasteiger partial charge on any atom is 0.248 e. The van der Waals surface area contributed by atoms with Crippen LogP contribution in [0.3, 0.4) is 0 Å². The van der Waals surface area contributed by atoms with Crippen molar-refractivity contribution in [3.63, 3.8) is 0 Å². The van der Waals surface area contributed by atoms with Gasteiger partial charge in [0.1, 0.15) is 11.8 Å². The van der Waals surface area contributed by atoms with Crippen LogP contribution in [0.4, 0.5) is 11.4 Å². The average molecular weight is 552 g/mol. The molecule has 3 aliphatic heterocycles. The first kappa shape index (κ1) is 27.5. The third-order valence-electron chi connectivity index (χ3n) is 8.56. The zero-order valence-corrected chi connectivity index (χ0v) is 23.9. The Bertz CT molecular complexity index is 1280. The number of carbonyl (C=O) groups excluding carboxylic acids is 3. The summed E-state index contributed by atoms with van der Waals surface area (Å²) in [7, 11) is 0. The summed E-state index contributed by atoms with van der Waals surface area (Å²) in [6.07, 6.45) is 0.740. The molecule has 2 bridgehead atoms. The van der Waals surface area contributed by atoms with Gasteiger partial charge >= 0.3 is 0 Å². The molecule has 3 heterocycles. The van der Waals surface area contributed by atoms with E-state index in [4.69, 9.17) is 4.74 Å². The minimum Gasteiger partial charge on any atom is -0.494 e. The van der Waals surface area contributed by atoms with Gasteiger partial charge in [-0.05, 0) is 81.5 Å². The van der Waals surface area contributed by atoms with Crippen molar-refractivity contribution in [1.82, 2.24) is 4.90 Å². The molecule has 2 aromatic carbocycles. The Morgan fingerprint density at radius 1 is 1.15 bits per heavy atom. The standard InChI is InChI=1S/C30H37N3O5S/c1-6-38-21-11-9-20(10-12-21)31-27(35)24-23-14-18(4)30(39-23)25(24)29(37)33(19(5)15-34)26(30)28(36)32-22-13-16(2)7-8-17(22)3/h7-13,18-19,23-26,34H,6,14-15H2,1-5H3,(H,31,35)(H,32,36)/t18?,19-,23+,24-,25+,26?,30?/m1/s1. The summed E-state index contributed by atoms with van der Waals surface area (Å²) in [5, 5.41) is 16.1. The van der Waals surface area contributed by atoms with E-state index < -0.39 is 28.7 Å². The molecule has 5 rings (SSSR count). The van der Waals surface area contributed by atoms with E-state index in [1.54, 1.807) is 47.9 Å². The molecule has 3 amide bonds. The SMILES string of the molecule is CCOc1ccc(NC(=O)[C@@H]2[C@@H]3CC(C)C4(S3)C(C(=O)Nc3cc(C)ccc3C)N([C@H](C)CO)C(=O)[C@H]24)cc1. The Labute approximate surface area is 233 Å². The summed E-state index contributed by atoms with van der Waals surface area (Å²) in [4.78, 5) is 43.5. The van der Waals surface area contributed by atoms with Crippen LogP contribution in [0.5, 0.6) is 5.75 Å². The number of thioether (sulfide) groups is 1.